The van der Waals surface area contributed by atoms with Gasteiger partial charge in [-0.05, 0) is 0 Å². The monoisotopic (exact) mass is 553 g/mol. The summed E-state index contributed by atoms with van der Waals surface area (Å²) in [6.07, 6.45) is 0. The van der Waals surface area contributed by atoms with Gasteiger partial charge in [-0.2, -0.15) is 0 Å². The summed E-state index contributed by atoms with van der Waals surface area (Å²) < 4.78 is 0. The van der Waals surface area contributed by atoms with Crippen molar-refractivity contribution in [3.05, 3.63) is 0 Å². The lowest BCUT2D eigenvalue weighted by Gasteiger charge is -0.0786. The fourth-order valence-electron chi connectivity index (χ4n) is 0. The third-order valence-electron chi connectivity index (χ3n) is 0. The first kappa shape index (κ1) is 0. The van der Waals surface area contributed by atoms with Gasteiger partial charge in [0.15, 0.2) is 0 Å². The quantitative estimate of drug-likeness (QED) is 0.280. The van der Waals surface area contributed by atoms with Crippen LogP contribution in [0, 0.1) is 0 Å². The third kappa shape index (κ3) is 0. The van der Waals surface area contributed by atoms with E-state index in [0.717, 1.165) is 0 Å². The van der Waals surface area contributed by atoms with Gasteiger partial charge in [0.2, 0.25) is 0 Å². The second-order valence-corrected chi connectivity index (χ2v) is 0. The molecule has 32 heavy (non-hydrogen) atoms. The molecule has 0 unspecified atom stereocenters. The average molecular weight is 554 g/mol. The van der Waals surface area contributed by atoms with E-state index in [1.54, 1.807) is 0 Å². The van der Waals surface area contributed by atoms with Crippen molar-refractivity contribution in [1.29, 1.82) is 0 Å². The van der Waals surface area contributed by atoms with Crippen LogP contribution in [0.15, 0.2) is 0 Å². The number of rotatable bonds is 0. The largest absolute Gasteiger partial charge is 0.0776 e. The molecule has 0 atom stereocenters. The van der Waals surface area contributed by atoms with Gasteiger partial charge in [0.25, 0.3) is 0 Å². The summed E-state index contributed by atoms with van der Waals surface area (Å²) in [5.74, 6) is 0. The topological polar surface area (TPSA) is 0 Å². The van der Waals surface area contributed by atoms with Gasteiger partial charge in [-0.25, -0.2) is 0 Å². The SMILES string of the molecule is C.C.C.C.C.C.C.C.C.C.C.C.C.C.C.C.C.C.C.C.C.C.C.C.C.C.C.C.C.C.C.C.[3HH].[3HH].[3HH].[3HH].[3HH].[3HH].[3HH].[3HH].[3HH].[3HH]. The minimum absolute atomic E-state index is 0. The standard InChI is InChI=1S/32CH4.10H2/h32*1H4;10*1H/i;;;;;;;;;;;;;;;;;;;;;;;;;;;;;;;;10*1+2. The Balaban J connectivity index is 0. The molecule has 0 heteroatoms. The van der Waals surface area contributed by atoms with E-state index in [1.165, 1.54) is 0 Å². The Labute approximate surface area is 252 Å². The van der Waals surface area contributed by atoms with Crippen molar-refractivity contribution in [2.45, 2.75) is 238 Å². The zero-order valence-electron chi connectivity index (χ0n) is 0. The zero-order valence-corrected chi connectivity index (χ0v) is 0. The Bertz CT molecular complexity index is 33.3. The molecule has 0 bridgehead atoms. The second-order valence-electron chi connectivity index (χ2n) is 0. The van der Waals surface area contributed by atoms with Crippen molar-refractivity contribution in [2.24, 2.45) is 0 Å². The molecule has 0 aliphatic rings. The van der Waals surface area contributed by atoms with E-state index < -0.39 is 0 Å². The van der Waals surface area contributed by atoms with E-state index >= 15 is 0 Å². The fraction of sp³-hybridized carbons (Fsp3) is 1.00. The van der Waals surface area contributed by atoms with Crippen LogP contribution in [0.5, 0.6) is 0 Å². The molecule has 0 aromatic carbocycles. The van der Waals surface area contributed by atoms with Gasteiger partial charge in [-0.1, -0.05) is 238 Å². The predicted octanol–water partition coefficient (Wildman–Crippen LogP) is 22.8. The van der Waals surface area contributed by atoms with Crippen LogP contribution in [-0.2, 0) is 0 Å². The molecule has 0 saturated heterocycles. The van der Waals surface area contributed by atoms with Crippen molar-refractivity contribution >= 4 is 0 Å². The van der Waals surface area contributed by atoms with Crippen molar-refractivity contribution in [3.63, 3.8) is 0 Å². The highest BCUT2D eigenvalue weighted by Crippen LogP contribution is 0.175. The Morgan fingerprint density at radius 1 is 0.0625 bits per heavy atom. The van der Waals surface area contributed by atoms with Crippen molar-refractivity contribution in [1.82, 2.24) is 0 Å². The first-order valence-electron chi connectivity index (χ1n) is 0. The summed E-state index contributed by atoms with van der Waals surface area (Å²) in [6.45, 7) is 0. The van der Waals surface area contributed by atoms with Gasteiger partial charge in [-0.3, -0.25) is 0 Å². The van der Waals surface area contributed by atoms with Crippen LogP contribution in [0.3, 0.4) is 0 Å². The van der Waals surface area contributed by atoms with Crippen LogP contribution < -0.4 is 0 Å². The Morgan fingerprint density at radius 2 is 0.0625 bits per heavy atom. The number of hydrogen-bond donors (Lipinski definition) is 0. The van der Waals surface area contributed by atoms with E-state index in [0.29, 0.717) is 0 Å². The lowest BCUT2D eigenvalue weighted by atomic mass is 12.0. The van der Waals surface area contributed by atoms with Gasteiger partial charge in [0.1, 0.15) is 0 Å². The average Bonchev–Trinajstić information content (AvgIpc) is 0. The molecule has 0 rings (SSSR count). The van der Waals surface area contributed by atoms with Crippen LogP contribution in [0.2, 0.25) is 0 Å². The minimum atomic E-state index is 0. The highest BCUT2D eigenvalue weighted by atomic mass is 12.0. The van der Waals surface area contributed by atoms with Crippen LogP contribution in [0.25, 0.3) is 0 Å². The maximum Gasteiger partial charge on any atom is 0 e. The molecule has 0 spiro atoms. The number of hydrogen-bond acceptors (Lipinski definition) is 0. The molecule has 0 aromatic heterocycles. The van der Waals surface area contributed by atoms with Gasteiger partial charge in [0.05, 0.1) is 0 Å². The summed E-state index contributed by atoms with van der Waals surface area (Å²) in [5.41, 5.74) is 0. The summed E-state index contributed by atoms with van der Waals surface area (Å²) in [5, 5.41) is 0. The van der Waals surface area contributed by atoms with Crippen molar-refractivity contribution in [2.75, 3.05) is 0 Å². The Morgan fingerprint density at radius 3 is 0.0625 bits per heavy atom. The Hall–Kier alpha value is 0. The maximum atomic E-state index is 0. The lowest BCUT2D eigenvalue weighted by Crippen LogP contribution is 0.143. The molecule has 0 aliphatic carbocycles. The van der Waals surface area contributed by atoms with Gasteiger partial charge >= 0.3 is 0 Å². The lowest BCUT2D eigenvalue weighted by molar-refractivity contribution is 2.50. The van der Waals surface area contributed by atoms with Gasteiger partial charge < -0.3 is 0 Å². The van der Waals surface area contributed by atoms with Crippen LogP contribution in [0.4, 0.5) is 0 Å². The van der Waals surface area contributed by atoms with Gasteiger partial charge in [0, 0.05) is 14.3 Å². The van der Waals surface area contributed by atoms with E-state index in [1.807, 2.05) is 0 Å². The molecule has 0 nitrogen and oxygen atoms in total. The zero-order chi connectivity index (χ0) is 0. The highest BCUT2D eigenvalue weighted by Gasteiger charge is -0.0466. The molecule has 0 radical (unpaired) electrons. The molecule has 0 heterocycles. The van der Waals surface area contributed by atoms with E-state index in [4.69, 9.17) is 0 Å². The summed E-state index contributed by atoms with van der Waals surface area (Å²) >= 11 is 0. The van der Waals surface area contributed by atoms with Crippen LogP contribution in [-0.4, -0.2) is 0 Å². The van der Waals surface area contributed by atoms with E-state index in [-0.39, 0.29) is 252 Å². The minimum Gasteiger partial charge on any atom is -0.0776 e. The molecule has 0 fully saturated rings. The molecule has 276 valence electrons. The fourth-order valence-corrected chi connectivity index (χ4v) is 0. The highest BCUT2D eigenvalue weighted by molar-refractivity contribution is 2.53. The molecular weight excluding hydrogens is 384 g/mol. The van der Waals surface area contributed by atoms with Gasteiger partial charge in [-0.15, -0.1) is 0 Å². The summed E-state index contributed by atoms with van der Waals surface area (Å²) in [7, 11) is 0. The first-order valence-corrected chi connectivity index (χ1v) is 0. The summed E-state index contributed by atoms with van der Waals surface area (Å²) in [4.78, 5) is 0. The molecule has 0 amide bonds. The van der Waals surface area contributed by atoms with Crippen molar-refractivity contribution in [3.8, 4) is 0 Å². The van der Waals surface area contributed by atoms with Crippen LogP contribution >= 0.6 is 0 Å². The molecule has 0 N–H and O–H groups in total. The van der Waals surface area contributed by atoms with Crippen LogP contribution in [0.1, 0.15) is 252 Å². The maximum absolute atomic E-state index is 0. The Kier molecular flexibility index (Phi) is 0. The molecule has 0 aliphatic heterocycles. The molecule has 0 aromatic rings. The third-order valence-corrected chi connectivity index (χ3v) is 0. The molecule has 0 saturated carbocycles. The summed E-state index contributed by atoms with van der Waals surface area (Å²) in [6, 6.07) is 0. The van der Waals surface area contributed by atoms with E-state index in [2.05, 4.69) is 0 Å². The molecular formula is C32H148. The van der Waals surface area contributed by atoms with Crippen molar-refractivity contribution < 1.29 is 14.3 Å². The normalized spacial score (nSPS) is 0. The smallest absolute Gasteiger partial charge is 0 e. The second kappa shape index (κ2) is 0. The van der Waals surface area contributed by atoms with E-state index in [9.17, 15) is 0 Å². The first-order chi connectivity index (χ1) is 0. The predicted molar refractivity (Wildman–Crippen MR) is 237 cm³/mol.